The minimum Gasteiger partial charge on any atom is -0.251 e. The van der Waals surface area contributed by atoms with Crippen molar-refractivity contribution in [2.24, 2.45) is 0 Å². The topological polar surface area (TPSA) is 29.5 Å². The van der Waals surface area contributed by atoms with Crippen molar-refractivity contribution in [2.45, 2.75) is 44.6 Å². The zero-order chi connectivity index (χ0) is 9.52. The summed E-state index contributed by atoms with van der Waals surface area (Å²) >= 11 is 0. The highest BCUT2D eigenvalue weighted by Gasteiger charge is 2.12. The van der Waals surface area contributed by atoms with E-state index in [1.54, 1.807) is 0 Å². The zero-order valence-electron chi connectivity index (χ0n) is 8.04. The molecule has 2 nitrogen and oxygen atoms in total. The van der Waals surface area contributed by atoms with Crippen LogP contribution in [0.15, 0.2) is 24.3 Å². The second-order valence-corrected chi connectivity index (χ2v) is 3.55. The van der Waals surface area contributed by atoms with Crippen LogP contribution in [0.2, 0.25) is 0 Å². The maximum Gasteiger partial charge on any atom is 0.113 e. The Morgan fingerprint density at radius 2 is 2.00 bits per heavy atom. The predicted octanol–water partition coefficient (Wildman–Crippen LogP) is 3.31. The lowest BCUT2D eigenvalue weighted by Gasteiger charge is -2.16. The molecule has 0 amide bonds. The van der Waals surface area contributed by atoms with E-state index in [4.69, 9.17) is 5.26 Å². The number of rotatable bonds is 1. The van der Waals surface area contributed by atoms with E-state index in [1.807, 2.05) is 0 Å². The third-order valence-electron chi connectivity index (χ3n) is 2.46. The van der Waals surface area contributed by atoms with Gasteiger partial charge in [-0.25, -0.2) is 4.89 Å². The fraction of sp³-hybridized carbons (Fsp3) is 0.636. The highest BCUT2D eigenvalue weighted by atomic mass is 17.1. The van der Waals surface area contributed by atoms with Gasteiger partial charge in [0.15, 0.2) is 0 Å². The fourth-order valence-corrected chi connectivity index (χ4v) is 1.60. The molecule has 0 heterocycles. The van der Waals surface area contributed by atoms with Crippen molar-refractivity contribution in [1.29, 1.82) is 0 Å². The quantitative estimate of drug-likeness (QED) is 0.383. The van der Waals surface area contributed by atoms with Crippen LogP contribution in [0.1, 0.15) is 38.5 Å². The standard InChI is InChI=1S/C11H18O2/c1-10-8-6-4-2-3-5-7-9-11(10)13-12/h2-3,11-12H,1,4-9H2/b3-2-. The molecule has 74 valence electrons. The molecule has 0 aromatic carbocycles. The Morgan fingerprint density at radius 1 is 1.31 bits per heavy atom. The van der Waals surface area contributed by atoms with E-state index in [0.29, 0.717) is 0 Å². The van der Waals surface area contributed by atoms with Crippen LogP contribution in [0.4, 0.5) is 0 Å². The Bertz CT molecular complexity index is 185. The first-order valence-electron chi connectivity index (χ1n) is 4.97. The molecule has 0 aliphatic heterocycles. The van der Waals surface area contributed by atoms with Crippen molar-refractivity contribution in [3.63, 3.8) is 0 Å². The molecule has 0 aromatic heterocycles. The van der Waals surface area contributed by atoms with Crippen LogP contribution in [-0.2, 0) is 4.89 Å². The lowest BCUT2D eigenvalue weighted by atomic mass is 9.98. The summed E-state index contributed by atoms with van der Waals surface area (Å²) in [5.74, 6) is 0. The van der Waals surface area contributed by atoms with E-state index >= 15 is 0 Å². The molecule has 1 N–H and O–H groups in total. The van der Waals surface area contributed by atoms with Gasteiger partial charge in [0.05, 0.1) is 0 Å². The molecule has 0 bridgehead atoms. The molecule has 1 unspecified atom stereocenters. The summed E-state index contributed by atoms with van der Waals surface area (Å²) in [7, 11) is 0. The lowest BCUT2D eigenvalue weighted by Crippen LogP contribution is -2.13. The third-order valence-corrected chi connectivity index (χ3v) is 2.46. The van der Waals surface area contributed by atoms with E-state index in [0.717, 1.165) is 44.1 Å². The first-order valence-corrected chi connectivity index (χ1v) is 4.97. The van der Waals surface area contributed by atoms with E-state index < -0.39 is 0 Å². The Hall–Kier alpha value is -0.600. The Labute approximate surface area is 79.8 Å². The van der Waals surface area contributed by atoms with Gasteiger partial charge in [0.25, 0.3) is 0 Å². The van der Waals surface area contributed by atoms with Crippen LogP contribution in [0.25, 0.3) is 0 Å². The molecule has 0 spiro atoms. The van der Waals surface area contributed by atoms with Crippen molar-refractivity contribution in [1.82, 2.24) is 0 Å². The Kier molecular flexibility index (Phi) is 4.79. The van der Waals surface area contributed by atoms with Gasteiger partial charge in [-0.1, -0.05) is 18.7 Å². The van der Waals surface area contributed by atoms with Crippen molar-refractivity contribution in [2.75, 3.05) is 0 Å². The maximum absolute atomic E-state index is 8.66. The van der Waals surface area contributed by atoms with Gasteiger partial charge in [-0.2, -0.15) is 0 Å². The number of hydrogen-bond donors (Lipinski definition) is 1. The molecule has 13 heavy (non-hydrogen) atoms. The fourth-order valence-electron chi connectivity index (χ4n) is 1.60. The molecule has 2 heteroatoms. The lowest BCUT2D eigenvalue weighted by molar-refractivity contribution is -0.270. The average molecular weight is 182 g/mol. The van der Waals surface area contributed by atoms with Crippen molar-refractivity contribution < 1.29 is 10.1 Å². The van der Waals surface area contributed by atoms with E-state index in [9.17, 15) is 0 Å². The van der Waals surface area contributed by atoms with E-state index in [1.165, 1.54) is 0 Å². The summed E-state index contributed by atoms with van der Waals surface area (Å²) in [6.45, 7) is 3.93. The van der Waals surface area contributed by atoms with Crippen molar-refractivity contribution in [3.8, 4) is 0 Å². The second-order valence-electron chi connectivity index (χ2n) is 3.55. The summed E-state index contributed by atoms with van der Waals surface area (Å²) in [6, 6.07) is 0. The summed E-state index contributed by atoms with van der Waals surface area (Å²) in [6.07, 6.45) is 10.5. The van der Waals surface area contributed by atoms with Gasteiger partial charge in [-0.05, 0) is 44.1 Å². The largest absolute Gasteiger partial charge is 0.251 e. The Balaban J connectivity index is 2.46. The highest BCUT2D eigenvalue weighted by Crippen LogP contribution is 2.19. The van der Waals surface area contributed by atoms with Crippen LogP contribution < -0.4 is 0 Å². The summed E-state index contributed by atoms with van der Waals surface area (Å²) < 4.78 is 0. The molecular weight excluding hydrogens is 164 g/mol. The minimum absolute atomic E-state index is 0.147. The average Bonchev–Trinajstić information content (AvgIpc) is 2.16. The molecule has 0 fully saturated rings. The van der Waals surface area contributed by atoms with Gasteiger partial charge in [0, 0.05) is 0 Å². The molecule has 1 rings (SSSR count). The predicted molar refractivity (Wildman–Crippen MR) is 53.5 cm³/mol. The molecule has 1 aliphatic rings. The molecule has 1 aliphatic carbocycles. The van der Waals surface area contributed by atoms with Gasteiger partial charge >= 0.3 is 0 Å². The smallest absolute Gasteiger partial charge is 0.113 e. The van der Waals surface area contributed by atoms with Crippen LogP contribution in [0, 0.1) is 0 Å². The van der Waals surface area contributed by atoms with Crippen molar-refractivity contribution in [3.05, 3.63) is 24.3 Å². The first-order chi connectivity index (χ1) is 6.34. The van der Waals surface area contributed by atoms with Gasteiger partial charge in [0.1, 0.15) is 6.10 Å². The molecule has 0 saturated carbocycles. The van der Waals surface area contributed by atoms with Crippen LogP contribution >= 0.6 is 0 Å². The Morgan fingerprint density at radius 3 is 2.69 bits per heavy atom. The summed E-state index contributed by atoms with van der Waals surface area (Å²) in [5.41, 5.74) is 1.03. The van der Waals surface area contributed by atoms with E-state index in [-0.39, 0.29) is 6.10 Å². The first kappa shape index (κ1) is 10.5. The van der Waals surface area contributed by atoms with Gasteiger partial charge < -0.3 is 0 Å². The van der Waals surface area contributed by atoms with Gasteiger partial charge in [0.2, 0.25) is 0 Å². The minimum atomic E-state index is -0.147. The van der Waals surface area contributed by atoms with Gasteiger partial charge in [-0.3, -0.25) is 5.26 Å². The second kappa shape index (κ2) is 5.95. The van der Waals surface area contributed by atoms with Crippen LogP contribution in [0.5, 0.6) is 0 Å². The van der Waals surface area contributed by atoms with Crippen molar-refractivity contribution >= 4 is 0 Å². The third kappa shape index (κ3) is 3.75. The SMILES string of the molecule is C=C1CCC/C=C\CCCC1OO. The highest BCUT2D eigenvalue weighted by molar-refractivity contribution is 5.03. The zero-order valence-corrected chi connectivity index (χ0v) is 8.04. The molecule has 0 radical (unpaired) electrons. The summed E-state index contributed by atoms with van der Waals surface area (Å²) in [5, 5.41) is 8.66. The number of allylic oxidation sites excluding steroid dienone is 2. The molecule has 0 saturated heterocycles. The molecule has 0 aromatic rings. The monoisotopic (exact) mass is 182 g/mol. The molecular formula is C11H18O2. The van der Waals surface area contributed by atoms with Gasteiger partial charge in [-0.15, -0.1) is 0 Å². The molecule has 1 atom stereocenters. The van der Waals surface area contributed by atoms with Crippen LogP contribution in [0.3, 0.4) is 0 Å². The maximum atomic E-state index is 8.66. The number of hydrogen-bond acceptors (Lipinski definition) is 2. The normalized spacial score (nSPS) is 28.4. The van der Waals surface area contributed by atoms with E-state index in [2.05, 4.69) is 23.6 Å². The van der Waals surface area contributed by atoms with Crippen LogP contribution in [-0.4, -0.2) is 11.4 Å². The summed E-state index contributed by atoms with van der Waals surface area (Å²) in [4.78, 5) is 4.41.